The van der Waals surface area contributed by atoms with Gasteiger partial charge in [0.25, 0.3) is 5.91 Å². The largest absolute Gasteiger partial charge is 0.467 e. The van der Waals surface area contributed by atoms with Crippen LogP contribution in [-0.2, 0) is 9.53 Å². The number of hydrogen-bond acceptors (Lipinski definition) is 4. The maximum atomic E-state index is 12.7. The fourth-order valence-electron chi connectivity index (χ4n) is 2.90. The van der Waals surface area contributed by atoms with Gasteiger partial charge in [0.1, 0.15) is 11.6 Å². The highest BCUT2D eigenvalue weighted by Crippen LogP contribution is 2.28. The van der Waals surface area contributed by atoms with Crippen molar-refractivity contribution in [2.24, 2.45) is 0 Å². The number of likely N-dealkylation sites (tertiary alicyclic amines) is 1. The Hall–Kier alpha value is -2.30. The summed E-state index contributed by atoms with van der Waals surface area (Å²) < 4.78 is 10.5. The quantitative estimate of drug-likeness (QED) is 0.796. The molecule has 21 heavy (non-hydrogen) atoms. The van der Waals surface area contributed by atoms with Crippen LogP contribution in [0.25, 0.3) is 11.0 Å². The van der Waals surface area contributed by atoms with Crippen LogP contribution in [-0.4, -0.2) is 36.5 Å². The lowest BCUT2D eigenvalue weighted by atomic mass is 10.1. The number of para-hydroxylation sites is 1. The van der Waals surface area contributed by atoms with Gasteiger partial charge in [0.2, 0.25) is 0 Å². The van der Waals surface area contributed by atoms with Crippen LogP contribution in [0, 0.1) is 6.92 Å². The molecule has 3 rings (SSSR count). The lowest BCUT2D eigenvalue weighted by Gasteiger charge is -2.21. The number of nitrogens with zero attached hydrogens (tertiary/aromatic N) is 1. The lowest BCUT2D eigenvalue weighted by molar-refractivity contribution is -0.145. The van der Waals surface area contributed by atoms with E-state index in [1.54, 1.807) is 4.90 Å². The normalized spacial score (nSPS) is 18.2. The Morgan fingerprint density at radius 2 is 2.10 bits per heavy atom. The number of aryl methyl sites for hydroxylation is 1. The van der Waals surface area contributed by atoms with Crippen LogP contribution < -0.4 is 0 Å². The molecule has 1 atom stereocenters. The number of ether oxygens (including phenoxy) is 1. The summed E-state index contributed by atoms with van der Waals surface area (Å²) in [5.41, 5.74) is 1.50. The number of hydrogen-bond donors (Lipinski definition) is 0. The Kier molecular flexibility index (Phi) is 3.41. The summed E-state index contributed by atoms with van der Waals surface area (Å²) in [6, 6.07) is 7.03. The van der Waals surface area contributed by atoms with Crippen LogP contribution in [0.3, 0.4) is 0 Å². The highest BCUT2D eigenvalue weighted by atomic mass is 16.5. The molecule has 0 spiro atoms. The Morgan fingerprint density at radius 3 is 2.81 bits per heavy atom. The lowest BCUT2D eigenvalue weighted by Crippen LogP contribution is -2.41. The van der Waals surface area contributed by atoms with E-state index < -0.39 is 6.04 Å². The molecule has 1 aliphatic rings. The van der Waals surface area contributed by atoms with Crippen molar-refractivity contribution in [3.63, 3.8) is 0 Å². The average molecular weight is 287 g/mol. The van der Waals surface area contributed by atoms with Crippen LogP contribution in [0.1, 0.15) is 29.0 Å². The third-order valence-electron chi connectivity index (χ3n) is 4.02. The number of esters is 1. The van der Waals surface area contributed by atoms with E-state index in [1.807, 2.05) is 31.2 Å². The molecule has 1 unspecified atom stereocenters. The van der Waals surface area contributed by atoms with Gasteiger partial charge in [0, 0.05) is 17.5 Å². The average Bonchev–Trinajstić information content (AvgIpc) is 3.11. The molecular formula is C16H17NO4. The fourth-order valence-corrected chi connectivity index (χ4v) is 2.90. The molecule has 0 bridgehead atoms. The topological polar surface area (TPSA) is 59.8 Å². The zero-order chi connectivity index (χ0) is 15.0. The highest BCUT2D eigenvalue weighted by molar-refractivity contribution is 6.00. The highest BCUT2D eigenvalue weighted by Gasteiger charge is 2.37. The van der Waals surface area contributed by atoms with Gasteiger partial charge in [-0.25, -0.2) is 4.79 Å². The molecule has 1 amide bonds. The smallest absolute Gasteiger partial charge is 0.328 e. The van der Waals surface area contributed by atoms with Gasteiger partial charge in [-0.1, -0.05) is 18.2 Å². The van der Waals surface area contributed by atoms with Crippen molar-refractivity contribution in [1.82, 2.24) is 4.90 Å². The summed E-state index contributed by atoms with van der Waals surface area (Å²) in [4.78, 5) is 26.0. The number of carbonyl (C=O) groups excluding carboxylic acids is 2. The van der Waals surface area contributed by atoms with Gasteiger partial charge in [0.05, 0.1) is 7.11 Å². The molecule has 1 saturated heterocycles. The molecule has 1 aliphatic heterocycles. The standard InChI is InChI=1S/C16H17NO4/c1-10-11-6-3-4-8-13(11)21-14(10)15(18)17-9-5-7-12(17)16(19)20-2/h3-4,6,8,12H,5,7,9H2,1-2H3. The van der Waals surface area contributed by atoms with E-state index in [2.05, 4.69) is 0 Å². The minimum absolute atomic E-state index is 0.239. The first-order chi connectivity index (χ1) is 10.1. The molecule has 0 saturated carbocycles. The second-order valence-electron chi connectivity index (χ2n) is 5.23. The minimum Gasteiger partial charge on any atom is -0.467 e. The summed E-state index contributed by atoms with van der Waals surface area (Å²) >= 11 is 0. The first-order valence-corrected chi connectivity index (χ1v) is 7.00. The van der Waals surface area contributed by atoms with Crippen molar-refractivity contribution >= 4 is 22.8 Å². The van der Waals surface area contributed by atoms with Crippen molar-refractivity contribution < 1.29 is 18.7 Å². The Balaban J connectivity index is 1.96. The van der Waals surface area contributed by atoms with Crippen LogP contribution in [0.2, 0.25) is 0 Å². The van der Waals surface area contributed by atoms with Gasteiger partial charge < -0.3 is 14.1 Å². The number of fused-ring (bicyclic) bond motifs is 1. The first kappa shape index (κ1) is 13.7. The molecule has 110 valence electrons. The maximum absolute atomic E-state index is 12.7. The van der Waals surface area contributed by atoms with E-state index in [4.69, 9.17) is 9.15 Å². The third kappa shape index (κ3) is 2.18. The Bertz CT molecular complexity index is 703. The van der Waals surface area contributed by atoms with Crippen LogP contribution in [0.15, 0.2) is 28.7 Å². The molecule has 1 aromatic heterocycles. The minimum atomic E-state index is -0.505. The van der Waals surface area contributed by atoms with Gasteiger partial charge in [-0.05, 0) is 25.8 Å². The number of carbonyl (C=O) groups is 2. The molecule has 2 aromatic rings. The fraction of sp³-hybridized carbons (Fsp3) is 0.375. The molecule has 1 fully saturated rings. The predicted molar refractivity (Wildman–Crippen MR) is 77.0 cm³/mol. The van der Waals surface area contributed by atoms with E-state index in [1.165, 1.54) is 7.11 Å². The summed E-state index contributed by atoms with van der Waals surface area (Å²) in [5.74, 6) is -0.293. The van der Waals surface area contributed by atoms with E-state index in [-0.39, 0.29) is 11.9 Å². The molecular weight excluding hydrogens is 270 g/mol. The van der Waals surface area contributed by atoms with E-state index >= 15 is 0 Å². The SMILES string of the molecule is COC(=O)C1CCCN1C(=O)c1oc2ccccc2c1C. The van der Waals surface area contributed by atoms with Gasteiger partial charge >= 0.3 is 5.97 Å². The third-order valence-corrected chi connectivity index (χ3v) is 4.02. The number of furan rings is 1. The van der Waals surface area contributed by atoms with E-state index in [0.29, 0.717) is 24.3 Å². The molecule has 2 heterocycles. The van der Waals surface area contributed by atoms with Crippen LogP contribution >= 0.6 is 0 Å². The van der Waals surface area contributed by atoms with Crippen LogP contribution in [0.4, 0.5) is 0 Å². The van der Waals surface area contributed by atoms with Crippen LogP contribution in [0.5, 0.6) is 0 Å². The first-order valence-electron chi connectivity index (χ1n) is 7.00. The summed E-state index contributed by atoms with van der Waals surface area (Å²) in [7, 11) is 1.34. The Labute approximate surface area is 122 Å². The van der Waals surface area contributed by atoms with Crippen molar-refractivity contribution in [2.75, 3.05) is 13.7 Å². The number of rotatable bonds is 2. The molecule has 0 N–H and O–H groups in total. The monoisotopic (exact) mass is 287 g/mol. The zero-order valence-electron chi connectivity index (χ0n) is 12.1. The van der Waals surface area contributed by atoms with E-state index in [0.717, 1.165) is 17.4 Å². The number of amides is 1. The molecule has 1 aromatic carbocycles. The van der Waals surface area contributed by atoms with Gasteiger partial charge in [0.15, 0.2) is 5.76 Å². The Morgan fingerprint density at radius 1 is 1.33 bits per heavy atom. The molecule has 5 heteroatoms. The molecule has 0 aliphatic carbocycles. The molecule has 0 radical (unpaired) electrons. The van der Waals surface area contributed by atoms with Crippen molar-refractivity contribution in [2.45, 2.75) is 25.8 Å². The molecule has 5 nitrogen and oxygen atoms in total. The second-order valence-corrected chi connectivity index (χ2v) is 5.23. The summed E-state index contributed by atoms with van der Waals surface area (Å²) in [6.07, 6.45) is 1.43. The summed E-state index contributed by atoms with van der Waals surface area (Å²) in [6.45, 7) is 2.41. The van der Waals surface area contributed by atoms with E-state index in [9.17, 15) is 9.59 Å². The number of benzene rings is 1. The van der Waals surface area contributed by atoms with Gasteiger partial charge in [-0.2, -0.15) is 0 Å². The van der Waals surface area contributed by atoms with Gasteiger partial charge in [-0.3, -0.25) is 4.79 Å². The number of methoxy groups -OCH3 is 1. The van der Waals surface area contributed by atoms with Crippen molar-refractivity contribution in [3.05, 3.63) is 35.6 Å². The van der Waals surface area contributed by atoms with Crippen molar-refractivity contribution in [1.29, 1.82) is 0 Å². The zero-order valence-corrected chi connectivity index (χ0v) is 12.1. The predicted octanol–water partition coefficient (Wildman–Crippen LogP) is 2.52. The maximum Gasteiger partial charge on any atom is 0.328 e. The van der Waals surface area contributed by atoms with Crippen molar-refractivity contribution in [3.8, 4) is 0 Å². The second kappa shape index (κ2) is 5.24. The summed E-state index contributed by atoms with van der Waals surface area (Å²) in [5, 5.41) is 0.926. The van der Waals surface area contributed by atoms with Gasteiger partial charge in [-0.15, -0.1) is 0 Å².